The number of benzene rings is 1. The number of halogens is 1. The number of aryl methyl sites for hydroxylation is 1. The van der Waals surface area contributed by atoms with Crippen LogP contribution in [-0.4, -0.2) is 44.8 Å². The highest BCUT2D eigenvalue weighted by Gasteiger charge is 2.37. The number of nitrogens with zero attached hydrogens (tertiary/aromatic N) is 3. The number of carbonyl (C=O) groups excluding carboxylic acids is 1. The average molecular weight is 387 g/mol. The van der Waals surface area contributed by atoms with Crippen molar-refractivity contribution in [2.75, 3.05) is 13.1 Å². The molecule has 1 fully saturated rings. The standard InChI is InChI=1S/C19H18FN3O3S/c1-10-8-22(9-15(10)19(25)26)17(24)16-7-14-11(2)21-23(18(14)27-16)13-5-3-12(20)4-6-13/h3-7,10,15H,8-9H2,1-2H3,(H,25,26)/t10-,15-/m1/s1. The highest BCUT2D eigenvalue weighted by Crippen LogP contribution is 2.33. The number of carboxylic acid groups (broad SMARTS) is 1. The molecule has 1 amide bonds. The second-order valence-corrected chi connectivity index (χ2v) is 7.97. The molecular weight excluding hydrogens is 369 g/mol. The summed E-state index contributed by atoms with van der Waals surface area (Å²) in [7, 11) is 0. The van der Waals surface area contributed by atoms with E-state index in [4.69, 9.17) is 0 Å². The first-order valence-electron chi connectivity index (χ1n) is 8.62. The van der Waals surface area contributed by atoms with Gasteiger partial charge in [-0.3, -0.25) is 9.59 Å². The van der Waals surface area contributed by atoms with E-state index >= 15 is 0 Å². The van der Waals surface area contributed by atoms with Gasteiger partial charge in [-0.05, 0) is 43.2 Å². The Kier molecular flexibility index (Phi) is 4.22. The van der Waals surface area contributed by atoms with Crippen molar-refractivity contribution in [2.24, 2.45) is 11.8 Å². The van der Waals surface area contributed by atoms with Gasteiger partial charge >= 0.3 is 5.97 Å². The molecule has 3 aromatic rings. The predicted molar refractivity (Wildman–Crippen MR) is 99.8 cm³/mol. The number of thiophene rings is 1. The van der Waals surface area contributed by atoms with Crippen LogP contribution in [0.25, 0.3) is 15.9 Å². The molecule has 0 spiro atoms. The van der Waals surface area contributed by atoms with Gasteiger partial charge in [-0.2, -0.15) is 5.10 Å². The van der Waals surface area contributed by atoms with E-state index in [2.05, 4.69) is 5.10 Å². The zero-order chi connectivity index (χ0) is 19.3. The Balaban J connectivity index is 1.68. The summed E-state index contributed by atoms with van der Waals surface area (Å²) in [5, 5.41) is 14.6. The summed E-state index contributed by atoms with van der Waals surface area (Å²) in [6, 6.07) is 7.83. The highest BCUT2D eigenvalue weighted by atomic mass is 32.1. The van der Waals surface area contributed by atoms with Crippen LogP contribution < -0.4 is 0 Å². The highest BCUT2D eigenvalue weighted by molar-refractivity contribution is 7.20. The Morgan fingerprint density at radius 1 is 1.26 bits per heavy atom. The van der Waals surface area contributed by atoms with Crippen molar-refractivity contribution in [1.29, 1.82) is 0 Å². The lowest BCUT2D eigenvalue weighted by Crippen LogP contribution is -2.29. The van der Waals surface area contributed by atoms with E-state index in [0.717, 1.165) is 21.6 Å². The Morgan fingerprint density at radius 2 is 1.96 bits per heavy atom. The summed E-state index contributed by atoms with van der Waals surface area (Å²) in [5.41, 5.74) is 1.50. The topological polar surface area (TPSA) is 75.4 Å². The second kappa shape index (κ2) is 6.45. The summed E-state index contributed by atoms with van der Waals surface area (Å²) in [4.78, 5) is 27.2. The molecule has 4 rings (SSSR count). The maximum atomic E-state index is 13.2. The second-order valence-electron chi connectivity index (χ2n) is 6.94. The van der Waals surface area contributed by atoms with Gasteiger partial charge in [0, 0.05) is 18.5 Å². The monoisotopic (exact) mass is 387 g/mol. The lowest BCUT2D eigenvalue weighted by Gasteiger charge is -2.14. The summed E-state index contributed by atoms with van der Waals surface area (Å²) in [6.07, 6.45) is 0. The largest absolute Gasteiger partial charge is 0.481 e. The number of carboxylic acids is 1. The zero-order valence-electron chi connectivity index (χ0n) is 14.8. The third-order valence-electron chi connectivity index (χ3n) is 5.04. The van der Waals surface area contributed by atoms with Gasteiger partial charge in [0.1, 0.15) is 10.6 Å². The molecule has 0 bridgehead atoms. The van der Waals surface area contributed by atoms with Gasteiger partial charge in [0.2, 0.25) is 0 Å². The van der Waals surface area contributed by atoms with Crippen LogP contribution in [0.5, 0.6) is 0 Å². The lowest BCUT2D eigenvalue weighted by atomic mass is 9.99. The van der Waals surface area contributed by atoms with E-state index in [-0.39, 0.29) is 24.2 Å². The fourth-order valence-electron chi connectivity index (χ4n) is 3.52. The Labute approximate surface area is 158 Å². The molecule has 0 saturated carbocycles. The van der Waals surface area contributed by atoms with Crippen LogP contribution in [0.3, 0.4) is 0 Å². The van der Waals surface area contributed by atoms with Crippen molar-refractivity contribution in [3.63, 3.8) is 0 Å². The van der Waals surface area contributed by atoms with Gasteiger partial charge in [0.25, 0.3) is 5.91 Å². The molecule has 1 aromatic carbocycles. The van der Waals surface area contributed by atoms with Gasteiger partial charge < -0.3 is 10.0 Å². The van der Waals surface area contributed by atoms with Crippen LogP contribution in [0.1, 0.15) is 22.3 Å². The first kappa shape index (κ1) is 17.7. The Bertz CT molecular complexity index is 1040. The minimum absolute atomic E-state index is 0.0720. The van der Waals surface area contributed by atoms with Crippen molar-refractivity contribution in [3.05, 3.63) is 46.7 Å². The van der Waals surface area contributed by atoms with E-state index in [9.17, 15) is 19.1 Å². The summed E-state index contributed by atoms with van der Waals surface area (Å²) in [6.45, 7) is 4.38. The molecule has 3 heterocycles. The van der Waals surface area contributed by atoms with Crippen LogP contribution in [-0.2, 0) is 4.79 Å². The quantitative estimate of drug-likeness (QED) is 0.748. The Hall–Kier alpha value is -2.74. The number of hydrogen-bond acceptors (Lipinski definition) is 4. The minimum atomic E-state index is -0.864. The first-order chi connectivity index (χ1) is 12.8. The SMILES string of the molecule is Cc1nn(-c2ccc(F)cc2)c2sc(C(=O)N3C[C@@H](C)[C@H](C(=O)O)C3)cc12. The molecule has 0 aliphatic carbocycles. The van der Waals surface area contributed by atoms with Crippen LogP contribution in [0.15, 0.2) is 30.3 Å². The lowest BCUT2D eigenvalue weighted by molar-refractivity contribution is -0.142. The number of fused-ring (bicyclic) bond motifs is 1. The smallest absolute Gasteiger partial charge is 0.308 e. The Morgan fingerprint density at radius 3 is 2.59 bits per heavy atom. The number of carbonyl (C=O) groups is 2. The van der Waals surface area contributed by atoms with Crippen molar-refractivity contribution in [2.45, 2.75) is 13.8 Å². The van der Waals surface area contributed by atoms with Crippen LogP contribution in [0.2, 0.25) is 0 Å². The summed E-state index contributed by atoms with van der Waals surface area (Å²) >= 11 is 1.32. The van der Waals surface area contributed by atoms with Crippen LogP contribution in [0.4, 0.5) is 4.39 Å². The molecular formula is C19H18FN3O3S. The number of hydrogen-bond donors (Lipinski definition) is 1. The molecule has 2 atom stereocenters. The summed E-state index contributed by atoms with van der Waals surface area (Å²) < 4.78 is 14.9. The molecule has 1 aliphatic rings. The molecule has 0 unspecified atom stereocenters. The molecule has 140 valence electrons. The van der Waals surface area contributed by atoms with Crippen LogP contribution >= 0.6 is 11.3 Å². The molecule has 1 N–H and O–H groups in total. The fraction of sp³-hybridized carbons (Fsp3) is 0.316. The van der Waals surface area contributed by atoms with Crippen molar-refractivity contribution in [1.82, 2.24) is 14.7 Å². The number of aromatic nitrogens is 2. The maximum absolute atomic E-state index is 13.2. The van der Waals surface area contributed by atoms with Gasteiger partial charge in [-0.15, -0.1) is 11.3 Å². The number of aliphatic carboxylic acids is 1. The van der Waals surface area contributed by atoms with E-state index in [1.54, 1.807) is 21.7 Å². The van der Waals surface area contributed by atoms with E-state index < -0.39 is 11.9 Å². The van der Waals surface area contributed by atoms with Crippen molar-refractivity contribution in [3.8, 4) is 5.69 Å². The molecule has 6 nitrogen and oxygen atoms in total. The van der Waals surface area contributed by atoms with E-state index in [1.165, 1.54) is 23.5 Å². The van der Waals surface area contributed by atoms with Gasteiger partial charge in [0.05, 0.1) is 22.2 Å². The third-order valence-corrected chi connectivity index (χ3v) is 6.14. The summed E-state index contributed by atoms with van der Waals surface area (Å²) in [5.74, 6) is -1.94. The zero-order valence-corrected chi connectivity index (χ0v) is 15.7. The molecule has 8 heteroatoms. The minimum Gasteiger partial charge on any atom is -0.481 e. The number of likely N-dealkylation sites (tertiary alicyclic amines) is 1. The molecule has 1 saturated heterocycles. The molecule has 1 aliphatic heterocycles. The van der Waals surface area contributed by atoms with Gasteiger partial charge in [-0.1, -0.05) is 6.92 Å². The number of amides is 1. The van der Waals surface area contributed by atoms with E-state index in [1.807, 2.05) is 19.9 Å². The maximum Gasteiger partial charge on any atom is 0.308 e. The third kappa shape index (κ3) is 2.99. The van der Waals surface area contributed by atoms with Gasteiger partial charge in [-0.25, -0.2) is 9.07 Å². The van der Waals surface area contributed by atoms with Gasteiger partial charge in [0.15, 0.2) is 0 Å². The van der Waals surface area contributed by atoms with Crippen LogP contribution in [0, 0.1) is 24.6 Å². The average Bonchev–Trinajstić information content (AvgIpc) is 3.30. The predicted octanol–water partition coefficient (Wildman–Crippen LogP) is 3.33. The van der Waals surface area contributed by atoms with Crippen molar-refractivity contribution >= 4 is 33.4 Å². The molecule has 0 radical (unpaired) electrons. The normalized spacial score (nSPS) is 19.7. The number of rotatable bonds is 3. The molecule has 2 aromatic heterocycles. The first-order valence-corrected chi connectivity index (χ1v) is 9.44. The fourth-order valence-corrected chi connectivity index (χ4v) is 4.67. The van der Waals surface area contributed by atoms with Crippen molar-refractivity contribution < 1.29 is 19.1 Å². The molecule has 27 heavy (non-hydrogen) atoms. The van der Waals surface area contributed by atoms with E-state index in [0.29, 0.717) is 11.4 Å².